The van der Waals surface area contributed by atoms with E-state index in [9.17, 15) is 9.59 Å². The molecular formula is C16H11BrClNO3. The van der Waals surface area contributed by atoms with Gasteiger partial charge in [-0.2, -0.15) is 0 Å². The van der Waals surface area contributed by atoms with Gasteiger partial charge in [-0.05, 0) is 49.4 Å². The molecule has 6 heteroatoms. The van der Waals surface area contributed by atoms with E-state index in [0.717, 1.165) is 4.47 Å². The molecule has 4 nitrogen and oxygen atoms in total. The Kier molecular flexibility index (Phi) is 5.46. The van der Waals surface area contributed by atoms with Gasteiger partial charge < -0.3 is 4.84 Å². The third-order valence-electron chi connectivity index (χ3n) is 2.76. The maximum absolute atomic E-state index is 12.1. The van der Waals surface area contributed by atoms with Crippen LogP contribution in [0.1, 0.15) is 27.6 Å². The predicted molar refractivity (Wildman–Crippen MR) is 88.4 cm³/mol. The van der Waals surface area contributed by atoms with Crippen LogP contribution in [0.25, 0.3) is 0 Å². The summed E-state index contributed by atoms with van der Waals surface area (Å²) in [4.78, 5) is 28.7. The van der Waals surface area contributed by atoms with Crippen LogP contribution in [-0.4, -0.2) is 17.5 Å². The summed E-state index contributed by atoms with van der Waals surface area (Å²) in [6.07, 6.45) is 0. The molecule has 0 saturated heterocycles. The fourth-order valence-corrected chi connectivity index (χ4v) is 2.08. The molecule has 0 aliphatic rings. The van der Waals surface area contributed by atoms with Crippen molar-refractivity contribution in [2.45, 2.75) is 6.92 Å². The zero-order valence-corrected chi connectivity index (χ0v) is 13.9. The molecule has 0 fully saturated rings. The molecule has 0 atom stereocenters. The van der Waals surface area contributed by atoms with E-state index in [4.69, 9.17) is 16.4 Å². The summed E-state index contributed by atoms with van der Waals surface area (Å²) in [5.41, 5.74) is 0.807. The number of carbonyl (C=O) groups excluding carboxylic acids is 2. The number of benzene rings is 2. The third-order valence-corrected chi connectivity index (χ3v) is 3.52. The van der Waals surface area contributed by atoms with Gasteiger partial charge in [0.25, 0.3) is 0 Å². The van der Waals surface area contributed by atoms with Gasteiger partial charge in [0.1, 0.15) is 5.71 Å². The van der Waals surface area contributed by atoms with E-state index in [-0.39, 0.29) is 17.1 Å². The van der Waals surface area contributed by atoms with Crippen molar-refractivity contribution in [3.63, 3.8) is 0 Å². The van der Waals surface area contributed by atoms with Crippen molar-refractivity contribution in [3.05, 3.63) is 69.2 Å². The largest absolute Gasteiger partial charge is 0.365 e. The Balaban J connectivity index is 2.07. The molecule has 2 aromatic rings. The number of carbonyl (C=O) groups is 2. The van der Waals surface area contributed by atoms with Crippen molar-refractivity contribution in [3.8, 4) is 0 Å². The van der Waals surface area contributed by atoms with E-state index in [1.54, 1.807) is 42.5 Å². The molecule has 2 aromatic carbocycles. The molecular weight excluding hydrogens is 370 g/mol. The van der Waals surface area contributed by atoms with Crippen molar-refractivity contribution in [1.29, 1.82) is 0 Å². The van der Waals surface area contributed by atoms with Gasteiger partial charge in [-0.1, -0.05) is 38.8 Å². The minimum Gasteiger partial charge on any atom is -0.312 e. The molecule has 0 spiro atoms. The Labute approximate surface area is 140 Å². The Morgan fingerprint density at radius 2 is 1.77 bits per heavy atom. The first-order valence-electron chi connectivity index (χ1n) is 6.29. The zero-order valence-electron chi connectivity index (χ0n) is 11.5. The number of rotatable bonds is 4. The average molecular weight is 381 g/mol. The van der Waals surface area contributed by atoms with Gasteiger partial charge in [0.15, 0.2) is 0 Å². The maximum atomic E-state index is 12.1. The highest BCUT2D eigenvalue weighted by molar-refractivity contribution is 9.10. The lowest BCUT2D eigenvalue weighted by Gasteiger charge is -2.02. The van der Waals surface area contributed by atoms with E-state index in [2.05, 4.69) is 21.1 Å². The Bertz CT molecular complexity index is 741. The number of Topliss-reactive ketones (excluding diaryl/α,β-unsaturated/α-hetero) is 1. The highest BCUT2D eigenvalue weighted by Crippen LogP contribution is 2.13. The van der Waals surface area contributed by atoms with Crippen molar-refractivity contribution in [1.82, 2.24) is 0 Å². The molecule has 0 unspecified atom stereocenters. The highest BCUT2D eigenvalue weighted by atomic mass is 79.9. The first-order chi connectivity index (χ1) is 10.5. The second kappa shape index (κ2) is 7.33. The number of hydrogen-bond acceptors (Lipinski definition) is 4. The maximum Gasteiger partial charge on any atom is 0.365 e. The van der Waals surface area contributed by atoms with E-state index in [0.29, 0.717) is 10.6 Å². The molecule has 112 valence electrons. The predicted octanol–water partition coefficient (Wildman–Crippen LogP) is 4.52. The number of halogens is 2. The summed E-state index contributed by atoms with van der Waals surface area (Å²) < 4.78 is 0.867. The molecule has 0 N–H and O–H groups in total. The lowest BCUT2D eigenvalue weighted by atomic mass is 10.1. The lowest BCUT2D eigenvalue weighted by molar-refractivity contribution is 0.0515. The monoisotopic (exact) mass is 379 g/mol. The van der Waals surface area contributed by atoms with Crippen molar-refractivity contribution in [2.24, 2.45) is 5.16 Å². The van der Waals surface area contributed by atoms with Crippen molar-refractivity contribution >= 4 is 45.0 Å². The van der Waals surface area contributed by atoms with E-state index < -0.39 is 5.97 Å². The van der Waals surface area contributed by atoms with Crippen molar-refractivity contribution in [2.75, 3.05) is 0 Å². The molecule has 0 radical (unpaired) electrons. The van der Waals surface area contributed by atoms with Gasteiger partial charge in [0, 0.05) is 15.1 Å². The van der Waals surface area contributed by atoms with Gasteiger partial charge in [-0.25, -0.2) is 4.79 Å². The SMILES string of the molecule is C/C(=N\OC(=O)c1cccc(Cl)c1)C(=O)c1ccc(Br)cc1. The van der Waals surface area contributed by atoms with Crippen LogP contribution >= 0.6 is 27.5 Å². The second-order valence-electron chi connectivity index (χ2n) is 4.40. The van der Waals surface area contributed by atoms with Crippen LogP contribution in [0.2, 0.25) is 5.02 Å². The zero-order chi connectivity index (χ0) is 16.1. The molecule has 0 aliphatic heterocycles. The summed E-state index contributed by atoms with van der Waals surface area (Å²) in [7, 11) is 0. The molecule has 22 heavy (non-hydrogen) atoms. The first-order valence-corrected chi connectivity index (χ1v) is 7.46. The normalized spacial score (nSPS) is 11.1. The Morgan fingerprint density at radius 1 is 1.09 bits per heavy atom. The molecule has 0 heterocycles. The lowest BCUT2D eigenvalue weighted by Crippen LogP contribution is -2.12. The fourth-order valence-electron chi connectivity index (χ4n) is 1.63. The van der Waals surface area contributed by atoms with Crippen LogP contribution in [0.4, 0.5) is 0 Å². The summed E-state index contributed by atoms with van der Waals surface area (Å²) in [6, 6.07) is 13.1. The standard InChI is InChI=1S/C16H11BrClNO3/c1-10(15(20)11-5-7-13(17)8-6-11)19-22-16(21)12-3-2-4-14(18)9-12/h2-9H,1H3/b19-10+. The van der Waals surface area contributed by atoms with E-state index in [1.165, 1.54) is 13.0 Å². The second-order valence-corrected chi connectivity index (χ2v) is 5.75. The minimum atomic E-state index is -0.676. The topological polar surface area (TPSA) is 55.7 Å². The van der Waals surface area contributed by atoms with Gasteiger partial charge in [-0.15, -0.1) is 0 Å². The molecule has 0 aromatic heterocycles. The number of nitrogens with zero attached hydrogens (tertiary/aromatic N) is 1. The van der Waals surface area contributed by atoms with E-state index >= 15 is 0 Å². The first kappa shape index (κ1) is 16.4. The molecule has 0 saturated carbocycles. The third kappa shape index (κ3) is 4.26. The highest BCUT2D eigenvalue weighted by Gasteiger charge is 2.12. The molecule has 2 rings (SSSR count). The molecule has 0 bridgehead atoms. The number of ketones is 1. The average Bonchev–Trinajstić information content (AvgIpc) is 2.52. The molecule has 0 aliphatic carbocycles. The summed E-state index contributed by atoms with van der Waals surface area (Å²) in [5, 5.41) is 4.01. The van der Waals surface area contributed by atoms with E-state index in [1.807, 2.05) is 0 Å². The summed E-state index contributed by atoms with van der Waals surface area (Å²) in [6.45, 7) is 1.48. The Morgan fingerprint density at radius 3 is 2.41 bits per heavy atom. The van der Waals surface area contributed by atoms with Crippen LogP contribution in [0.15, 0.2) is 58.2 Å². The van der Waals surface area contributed by atoms with Gasteiger partial charge >= 0.3 is 5.97 Å². The van der Waals surface area contributed by atoms with Gasteiger partial charge in [0.05, 0.1) is 5.56 Å². The fraction of sp³-hybridized carbons (Fsp3) is 0.0625. The Hall–Kier alpha value is -1.98. The van der Waals surface area contributed by atoms with Crippen LogP contribution in [0.3, 0.4) is 0 Å². The van der Waals surface area contributed by atoms with Crippen LogP contribution < -0.4 is 0 Å². The summed E-state index contributed by atoms with van der Waals surface area (Å²) in [5.74, 6) is -0.989. The van der Waals surface area contributed by atoms with Crippen LogP contribution in [0, 0.1) is 0 Å². The van der Waals surface area contributed by atoms with Crippen LogP contribution in [-0.2, 0) is 4.84 Å². The smallest absolute Gasteiger partial charge is 0.312 e. The summed E-state index contributed by atoms with van der Waals surface area (Å²) >= 11 is 9.08. The van der Waals surface area contributed by atoms with Gasteiger partial charge in [-0.3, -0.25) is 4.79 Å². The van der Waals surface area contributed by atoms with Gasteiger partial charge in [0.2, 0.25) is 5.78 Å². The number of hydrogen-bond donors (Lipinski definition) is 0. The minimum absolute atomic E-state index is 0.0812. The molecule has 0 amide bonds. The quantitative estimate of drug-likeness (QED) is 0.339. The van der Waals surface area contributed by atoms with Crippen LogP contribution in [0.5, 0.6) is 0 Å². The van der Waals surface area contributed by atoms with Crippen molar-refractivity contribution < 1.29 is 14.4 Å². The number of oxime groups is 1.